The smallest absolute Gasteiger partial charge is 0.293 e. The lowest BCUT2D eigenvalue weighted by Crippen LogP contribution is -2.31. The Hall–Kier alpha value is -3.98. The number of rotatable bonds is 7. The number of piperidine rings is 1. The van der Waals surface area contributed by atoms with Gasteiger partial charge in [0.1, 0.15) is 11.4 Å². The molecule has 1 aliphatic rings. The molecule has 2 heterocycles. The Kier molecular flexibility index (Phi) is 6.81. The second-order valence-electron chi connectivity index (χ2n) is 8.72. The molecule has 1 fully saturated rings. The Morgan fingerprint density at radius 1 is 1.08 bits per heavy atom. The summed E-state index contributed by atoms with van der Waals surface area (Å²) in [5, 5.41) is 12.5. The maximum Gasteiger partial charge on any atom is 0.293 e. The Morgan fingerprint density at radius 3 is 2.58 bits per heavy atom. The first-order chi connectivity index (χ1) is 17.5. The molecule has 184 valence electrons. The number of ether oxygens (including phenoxy) is 1. The van der Waals surface area contributed by atoms with Crippen molar-refractivity contribution in [3.05, 3.63) is 88.0 Å². The van der Waals surface area contributed by atoms with Gasteiger partial charge in [-0.25, -0.2) is 4.98 Å². The maximum atomic E-state index is 13.8. The molecule has 1 saturated heterocycles. The fraction of sp³-hybridized carbons (Fsp3) is 0.259. The van der Waals surface area contributed by atoms with Gasteiger partial charge < -0.3 is 9.64 Å². The Bertz CT molecular complexity index is 1400. The summed E-state index contributed by atoms with van der Waals surface area (Å²) in [7, 11) is 1.61. The van der Waals surface area contributed by atoms with Gasteiger partial charge in [0.15, 0.2) is 5.13 Å². The van der Waals surface area contributed by atoms with Crippen molar-refractivity contribution in [2.75, 3.05) is 30.0 Å². The van der Waals surface area contributed by atoms with Gasteiger partial charge in [-0.15, -0.1) is 0 Å². The standard InChI is InChI=1S/C27H26N4O4S/c1-35-21-11-12-22-25(17-21)36-27(28-22)30(18-19-8-4-2-5-9-19)26(32)20-10-13-23(24(16-20)31(33)34)29-14-6-3-7-15-29/h2,4-5,8-13,16-17H,3,6-7,14-15,18H2,1H3. The number of nitrogens with zero attached hydrogens (tertiary/aromatic N) is 4. The van der Waals surface area contributed by atoms with E-state index in [2.05, 4.69) is 0 Å². The molecule has 36 heavy (non-hydrogen) atoms. The number of benzene rings is 3. The molecule has 0 radical (unpaired) electrons. The lowest BCUT2D eigenvalue weighted by Gasteiger charge is -2.28. The number of hydrogen-bond donors (Lipinski definition) is 0. The van der Waals surface area contributed by atoms with E-state index >= 15 is 0 Å². The number of carbonyl (C=O) groups is 1. The van der Waals surface area contributed by atoms with Gasteiger partial charge in [-0.05, 0) is 55.2 Å². The second kappa shape index (κ2) is 10.3. The Labute approximate surface area is 212 Å². The highest BCUT2D eigenvalue weighted by molar-refractivity contribution is 7.22. The molecule has 0 N–H and O–H groups in total. The summed E-state index contributed by atoms with van der Waals surface area (Å²) < 4.78 is 6.22. The van der Waals surface area contributed by atoms with Gasteiger partial charge in [0.05, 0.1) is 28.8 Å². The van der Waals surface area contributed by atoms with E-state index in [1.54, 1.807) is 24.1 Å². The zero-order chi connectivity index (χ0) is 25.1. The van der Waals surface area contributed by atoms with Crippen LogP contribution < -0.4 is 14.5 Å². The van der Waals surface area contributed by atoms with Gasteiger partial charge in [0.2, 0.25) is 0 Å². The van der Waals surface area contributed by atoms with E-state index in [0.29, 0.717) is 16.6 Å². The summed E-state index contributed by atoms with van der Waals surface area (Å²) >= 11 is 1.39. The second-order valence-corrected chi connectivity index (χ2v) is 9.72. The number of fused-ring (bicyclic) bond motifs is 1. The number of thiazole rings is 1. The van der Waals surface area contributed by atoms with Crippen LogP contribution in [0.5, 0.6) is 5.75 Å². The molecular weight excluding hydrogens is 476 g/mol. The predicted octanol–water partition coefficient (Wildman–Crippen LogP) is 6.05. The quantitative estimate of drug-likeness (QED) is 0.226. The number of aromatic nitrogens is 1. The van der Waals surface area contributed by atoms with Crippen molar-refractivity contribution in [1.82, 2.24) is 4.98 Å². The fourth-order valence-electron chi connectivity index (χ4n) is 4.49. The number of nitro groups is 1. The van der Waals surface area contributed by atoms with Crippen molar-refractivity contribution in [3.63, 3.8) is 0 Å². The molecule has 4 aromatic rings. The summed E-state index contributed by atoms with van der Waals surface area (Å²) in [6, 6.07) is 20.0. The van der Waals surface area contributed by atoms with E-state index in [1.165, 1.54) is 17.4 Å². The van der Waals surface area contributed by atoms with Crippen LogP contribution in [0.1, 0.15) is 35.2 Å². The van der Waals surface area contributed by atoms with Crippen molar-refractivity contribution >= 4 is 44.0 Å². The van der Waals surface area contributed by atoms with Crippen LogP contribution in [0.15, 0.2) is 66.7 Å². The van der Waals surface area contributed by atoms with Crippen molar-refractivity contribution in [1.29, 1.82) is 0 Å². The minimum Gasteiger partial charge on any atom is -0.497 e. The zero-order valence-electron chi connectivity index (χ0n) is 19.9. The molecule has 0 spiro atoms. The SMILES string of the molecule is COc1ccc2nc(N(Cc3ccccc3)C(=O)c3ccc(N4CCCCC4)c([N+](=O)[O-])c3)sc2c1. The van der Waals surface area contributed by atoms with E-state index in [4.69, 9.17) is 9.72 Å². The largest absolute Gasteiger partial charge is 0.497 e. The van der Waals surface area contributed by atoms with E-state index in [9.17, 15) is 14.9 Å². The van der Waals surface area contributed by atoms with Gasteiger partial charge in [0, 0.05) is 24.7 Å². The number of carbonyl (C=O) groups excluding carboxylic acids is 1. The average Bonchev–Trinajstić information content (AvgIpc) is 3.35. The number of nitro benzene ring substituents is 1. The third-order valence-electron chi connectivity index (χ3n) is 6.36. The van der Waals surface area contributed by atoms with Gasteiger partial charge in [-0.1, -0.05) is 41.7 Å². The monoisotopic (exact) mass is 502 g/mol. The first-order valence-electron chi connectivity index (χ1n) is 11.9. The van der Waals surface area contributed by atoms with Crippen molar-refractivity contribution in [3.8, 4) is 5.75 Å². The van der Waals surface area contributed by atoms with Gasteiger partial charge >= 0.3 is 0 Å². The number of hydrogen-bond acceptors (Lipinski definition) is 7. The highest BCUT2D eigenvalue weighted by Gasteiger charge is 2.27. The van der Waals surface area contributed by atoms with Crippen LogP contribution in [0, 0.1) is 10.1 Å². The molecule has 0 bridgehead atoms. The minimum absolute atomic E-state index is 0.0450. The van der Waals surface area contributed by atoms with E-state index in [-0.39, 0.29) is 23.7 Å². The Balaban J connectivity index is 1.54. The molecule has 9 heteroatoms. The molecule has 8 nitrogen and oxygen atoms in total. The summed E-state index contributed by atoms with van der Waals surface area (Å²) in [4.78, 5) is 33.8. The van der Waals surface area contributed by atoms with Crippen LogP contribution in [-0.2, 0) is 6.54 Å². The van der Waals surface area contributed by atoms with Gasteiger partial charge in [-0.3, -0.25) is 19.8 Å². The summed E-state index contributed by atoms with van der Waals surface area (Å²) in [5.41, 5.74) is 2.47. The van der Waals surface area contributed by atoms with Crippen molar-refractivity contribution < 1.29 is 14.5 Å². The highest BCUT2D eigenvalue weighted by Crippen LogP contribution is 2.35. The lowest BCUT2D eigenvalue weighted by molar-refractivity contribution is -0.384. The molecule has 1 aromatic heterocycles. The zero-order valence-corrected chi connectivity index (χ0v) is 20.7. The topological polar surface area (TPSA) is 88.8 Å². The van der Waals surface area contributed by atoms with Crippen LogP contribution in [0.3, 0.4) is 0 Å². The summed E-state index contributed by atoms with van der Waals surface area (Å²) in [6.45, 7) is 1.85. The number of amides is 1. The van der Waals surface area contributed by atoms with Crippen LogP contribution in [0.4, 0.5) is 16.5 Å². The Morgan fingerprint density at radius 2 is 1.86 bits per heavy atom. The lowest BCUT2D eigenvalue weighted by atomic mass is 10.1. The third-order valence-corrected chi connectivity index (χ3v) is 7.40. The molecular formula is C27H26N4O4S. The molecule has 0 aliphatic carbocycles. The summed E-state index contributed by atoms with van der Waals surface area (Å²) in [6.07, 6.45) is 3.14. The van der Waals surface area contributed by atoms with Crippen LogP contribution >= 0.6 is 11.3 Å². The van der Waals surface area contributed by atoms with E-state index < -0.39 is 4.92 Å². The normalized spacial score (nSPS) is 13.5. The molecule has 1 amide bonds. The molecule has 0 saturated carbocycles. The third kappa shape index (κ3) is 4.87. The van der Waals surface area contributed by atoms with Crippen LogP contribution in [0.2, 0.25) is 0 Å². The van der Waals surface area contributed by atoms with Crippen molar-refractivity contribution in [2.24, 2.45) is 0 Å². The van der Waals surface area contributed by atoms with E-state index in [1.807, 2.05) is 53.4 Å². The maximum absolute atomic E-state index is 13.8. The minimum atomic E-state index is -0.397. The molecule has 1 aliphatic heterocycles. The first kappa shape index (κ1) is 23.7. The first-order valence-corrected chi connectivity index (χ1v) is 12.7. The molecule has 0 unspecified atom stereocenters. The number of anilines is 2. The average molecular weight is 503 g/mol. The van der Waals surface area contributed by atoms with Gasteiger partial charge in [0.25, 0.3) is 11.6 Å². The van der Waals surface area contributed by atoms with Crippen LogP contribution in [-0.4, -0.2) is 36.0 Å². The molecule has 3 aromatic carbocycles. The predicted molar refractivity (Wildman–Crippen MR) is 142 cm³/mol. The van der Waals surface area contributed by atoms with Crippen LogP contribution in [0.25, 0.3) is 10.2 Å². The molecule has 0 atom stereocenters. The fourth-order valence-corrected chi connectivity index (χ4v) is 5.48. The number of methoxy groups -OCH3 is 1. The van der Waals surface area contributed by atoms with E-state index in [0.717, 1.165) is 48.1 Å². The summed E-state index contributed by atoms with van der Waals surface area (Å²) in [5.74, 6) is 0.376. The van der Waals surface area contributed by atoms with Crippen molar-refractivity contribution in [2.45, 2.75) is 25.8 Å². The highest BCUT2D eigenvalue weighted by atomic mass is 32.1. The molecule has 5 rings (SSSR count). The van der Waals surface area contributed by atoms with Gasteiger partial charge in [-0.2, -0.15) is 0 Å².